The third-order valence-electron chi connectivity index (χ3n) is 9.67. The monoisotopic (exact) mass is 566 g/mol. The van der Waals surface area contributed by atoms with Crippen LogP contribution >= 0.6 is 0 Å². The molecule has 0 spiro atoms. The molecule has 3 fully saturated rings. The number of amides is 1. The number of aromatic nitrogens is 2. The molecule has 4 atom stereocenters. The average molecular weight is 567 g/mol. The van der Waals surface area contributed by atoms with Crippen LogP contribution in [0.2, 0.25) is 0 Å². The molecule has 2 unspecified atom stereocenters. The number of nitriles is 1. The molecule has 216 valence electrons. The third kappa shape index (κ3) is 4.58. The number of anilines is 1. The summed E-state index contributed by atoms with van der Waals surface area (Å²) in [7, 11) is 2.09. The Morgan fingerprint density at radius 3 is 2.86 bits per heavy atom. The number of piperazine rings is 1. The Hall–Kier alpha value is -4.03. The number of halogens is 1. The number of fused-ring (bicyclic) bond motifs is 4. The van der Waals surface area contributed by atoms with Crippen LogP contribution in [0.15, 0.2) is 43.0 Å². The summed E-state index contributed by atoms with van der Waals surface area (Å²) in [6.07, 6.45) is 5.87. The molecular weight excluding hydrogens is 531 g/mol. The quantitative estimate of drug-likeness (QED) is 0.384. The van der Waals surface area contributed by atoms with Crippen LogP contribution in [-0.4, -0.2) is 77.6 Å². The molecule has 0 bridgehead atoms. The summed E-state index contributed by atoms with van der Waals surface area (Å²) in [6.45, 7) is 6.35. The highest BCUT2D eigenvalue weighted by Gasteiger charge is 2.46. The number of rotatable bonds is 7. The van der Waals surface area contributed by atoms with Gasteiger partial charge in [0.2, 0.25) is 5.91 Å². The van der Waals surface area contributed by atoms with Gasteiger partial charge in [0.15, 0.2) is 5.82 Å². The maximum absolute atomic E-state index is 16.6. The van der Waals surface area contributed by atoms with Gasteiger partial charge in [-0.2, -0.15) is 15.2 Å². The predicted molar refractivity (Wildman–Crippen MR) is 159 cm³/mol. The minimum Gasteiger partial charge on any atom is -0.462 e. The molecule has 0 radical (unpaired) electrons. The number of ether oxygens (including phenoxy) is 1. The number of likely N-dealkylation sites (N-methyl/N-ethyl adjacent to an activating group) is 1. The largest absolute Gasteiger partial charge is 0.462 e. The lowest BCUT2D eigenvalue weighted by atomic mass is 9.93. The lowest BCUT2D eigenvalue weighted by molar-refractivity contribution is -0.128. The number of carbonyl (C=O) groups is 1. The molecular formula is C33H35FN6O2. The molecule has 9 heteroatoms. The number of nitrogens with zero attached hydrogens (tertiary/aromatic N) is 6. The highest BCUT2D eigenvalue weighted by molar-refractivity contribution is 5.94. The van der Waals surface area contributed by atoms with Gasteiger partial charge in [-0.05, 0) is 79.9 Å². The fraction of sp³-hybridized carbons (Fsp3) is 0.455. The number of carbonyl (C=O) groups excluding carboxylic acids is 1. The van der Waals surface area contributed by atoms with Crippen molar-refractivity contribution in [2.24, 2.45) is 5.92 Å². The number of benzene rings is 2. The van der Waals surface area contributed by atoms with E-state index in [-0.39, 0.29) is 41.8 Å². The molecule has 8 nitrogen and oxygen atoms in total. The Morgan fingerprint density at radius 2 is 2.07 bits per heavy atom. The molecule has 7 rings (SSSR count). The molecule has 2 aromatic carbocycles. The molecule has 3 aromatic rings. The van der Waals surface area contributed by atoms with Crippen LogP contribution in [0.3, 0.4) is 0 Å². The van der Waals surface area contributed by atoms with Gasteiger partial charge in [-0.25, -0.2) is 4.39 Å². The van der Waals surface area contributed by atoms with E-state index in [2.05, 4.69) is 35.6 Å². The van der Waals surface area contributed by atoms with Crippen molar-refractivity contribution in [3.8, 4) is 23.2 Å². The number of likely N-dealkylation sites (tertiary alicyclic amines) is 1. The van der Waals surface area contributed by atoms with Crippen molar-refractivity contribution in [1.82, 2.24) is 19.8 Å². The zero-order chi connectivity index (χ0) is 29.0. The van der Waals surface area contributed by atoms with Gasteiger partial charge in [-0.3, -0.25) is 4.79 Å². The maximum Gasteiger partial charge on any atom is 0.319 e. The Balaban J connectivity index is 1.30. The molecule has 42 heavy (non-hydrogen) atoms. The third-order valence-corrected chi connectivity index (χ3v) is 9.67. The summed E-state index contributed by atoms with van der Waals surface area (Å²) in [4.78, 5) is 28.0. The smallest absolute Gasteiger partial charge is 0.319 e. The van der Waals surface area contributed by atoms with Crippen LogP contribution in [0.25, 0.3) is 22.0 Å². The highest BCUT2D eigenvalue weighted by Crippen LogP contribution is 2.58. The van der Waals surface area contributed by atoms with Crippen molar-refractivity contribution in [1.29, 1.82) is 5.26 Å². The van der Waals surface area contributed by atoms with E-state index in [1.165, 1.54) is 23.6 Å². The summed E-state index contributed by atoms with van der Waals surface area (Å²) >= 11 is 0. The SMILES string of the molecule is C=CC(=O)N1CCN(c2nc(OC[C@@H]3CCCN3C)nc3c(F)c(-c4cccc5c4C4CC4C5)ccc23)C[C@@H]1CC#N. The van der Waals surface area contributed by atoms with Crippen LogP contribution in [-0.2, 0) is 11.2 Å². The fourth-order valence-electron chi connectivity index (χ4n) is 7.31. The molecule has 1 aromatic heterocycles. The second-order valence-electron chi connectivity index (χ2n) is 12.1. The maximum atomic E-state index is 16.6. The van der Waals surface area contributed by atoms with E-state index in [0.29, 0.717) is 54.8 Å². The number of hydrogen-bond donors (Lipinski definition) is 0. The summed E-state index contributed by atoms with van der Waals surface area (Å²) in [5.74, 6) is 1.22. The molecule has 2 aliphatic carbocycles. The molecule has 1 saturated carbocycles. The van der Waals surface area contributed by atoms with Gasteiger partial charge < -0.3 is 19.4 Å². The van der Waals surface area contributed by atoms with E-state index in [4.69, 9.17) is 9.72 Å². The zero-order valence-electron chi connectivity index (χ0n) is 23.9. The first kappa shape index (κ1) is 26.8. The standard InChI is InChI=1S/C33H35FN6O2/c1-3-28(41)40-15-14-39(18-22(40)11-12-35)32-26-10-9-25(24-8-4-6-20-16-21-17-27(21)29(20)24)30(34)31(26)36-33(37-32)42-19-23-7-5-13-38(23)2/h3-4,6,8-10,21-23,27H,1,5,7,11,13-19H2,2H3/t21?,22-,23-,27?/m0/s1. The normalized spacial score (nSPS) is 24.8. The Labute approximate surface area is 245 Å². The molecule has 2 saturated heterocycles. The van der Waals surface area contributed by atoms with Crippen molar-refractivity contribution in [3.05, 3.63) is 59.9 Å². The summed E-state index contributed by atoms with van der Waals surface area (Å²) in [5, 5.41) is 10.1. The van der Waals surface area contributed by atoms with E-state index < -0.39 is 0 Å². The minimum absolute atomic E-state index is 0.149. The van der Waals surface area contributed by atoms with Crippen LogP contribution < -0.4 is 9.64 Å². The van der Waals surface area contributed by atoms with E-state index >= 15 is 4.39 Å². The zero-order valence-corrected chi connectivity index (χ0v) is 23.9. The second kappa shape index (κ2) is 10.7. The Morgan fingerprint density at radius 1 is 1.19 bits per heavy atom. The van der Waals surface area contributed by atoms with Crippen molar-refractivity contribution in [3.63, 3.8) is 0 Å². The van der Waals surface area contributed by atoms with Gasteiger partial charge in [-0.15, -0.1) is 0 Å². The molecule has 0 N–H and O–H groups in total. The highest BCUT2D eigenvalue weighted by atomic mass is 19.1. The molecule has 1 amide bonds. The van der Waals surface area contributed by atoms with Crippen molar-refractivity contribution in [2.75, 3.05) is 44.7 Å². The fourth-order valence-corrected chi connectivity index (χ4v) is 7.31. The van der Waals surface area contributed by atoms with Crippen molar-refractivity contribution in [2.45, 2.75) is 50.1 Å². The summed E-state index contributed by atoms with van der Waals surface area (Å²) in [6, 6.07) is 12.3. The first-order valence-corrected chi connectivity index (χ1v) is 15.0. The van der Waals surface area contributed by atoms with Gasteiger partial charge in [0.25, 0.3) is 0 Å². The van der Waals surface area contributed by atoms with Crippen LogP contribution in [0, 0.1) is 23.1 Å². The average Bonchev–Trinajstić information content (AvgIpc) is 3.48. The van der Waals surface area contributed by atoms with Gasteiger partial charge in [-0.1, -0.05) is 30.8 Å². The van der Waals surface area contributed by atoms with Crippen molar-refractivity contribution < 1.29 is 13.9 Å². The topological polar surface area (TPSA) is 85.6 Å². The summed E-state index contributed by atoms with van der Waals surface area (Å²) in [5.41, 5.74) is 4.37. The van der Waals surface area contributed by atoms with Crippen molar-refractivity contribution >= 4 is 22.6 Å². The van der Waals surface area contributed by atoms with Gasteiger partial charge >= 0.3 is 6.01 Å². The first-order chi connectivity index (χ1) is 20.5. The Bertz CT molecular complexity index is 1620. The molecule has 4 aliphatic rings. The lowest BCUT2D eigenvalue weighted by Gasteiger charge is -2.41. The van der Waals surface area contributed by atoms with E-state index in [0.717, 1.165) is 31.4 Å². The van der Waals surface area contributed by atoms with Gasteiger partial charge in [0.1, 0.15) is 17.9 Å². The summed E-state index contributed by atoms with van der Waals surface area (Å²) < 4.78 is 22.8. The van der Waals surface area contributed by atoms with E-state index in [9.17, 15) is 10.1 Å². The van der Waals surface area contributed by atoms with Crippen LogP contribution in [0.5, 0.6) is 6.01 Å². The molecule has 2 aliphatic heterocycles. The Kier molecular flexibility index (Phi) is 6.82. The molecule has 3 heterocycles. The van der Waals surface area contributed by atoms with E-state index in [1.54, 1.807) is 4.90 Å². The van der Waals surface area contributed by atoms with Crippen LogP contribution in [0.1, 0.15) is 42.7 Å². The first-order valence-electron chi connectivity index (χ1n) is 15.0. The predicted octanol–water partition coefficient (Wildman–Crippen LogP) is 4.69. The van der Waals surface area contributed by atoms with Crippen LogP contribution in [0.4, 0.5) is 10.2 Å². The lowest BCUT2D eigenvalue weighted by Crippen LogP contribution is -2.55. The van der Waals surface area contributed by atoms with Gasteiger partial charge in [0, 0.05) is 36.6 Å². The van der Waals surface area contributed by atoms with Gasteiger partial charge in [0.05, 0.1) is 18.5 Å². The second-order valence-corrected chi connectivity index (χ2v) is 12.1. The number of hydrogen-bond acceptors (Lipinski definition) is 7. The minimum atomic E-state index is -0.370. The van der Waals surface area contributed by atoms with E-state index in [1.807, 2.05) is 29.2 Å².